The molecular weight excluding hydrogens is 225 g/mol. The Hall–Kier alpha value is -0.570. The SMILES string of the molecule is Clc1cccc(-c2n[c]cs2)c1Cl. The summed E-state index contributed by atoms with van der Waals surface area (Å²) in [5.41, 5.74) is 0.861. The summed E-state index contributed by atoms with van der Waals surface area (Å²) >= 11 is 13.4. The summed E-state index contributed by atoms with van der Waals surface area (Å²) in [4.78, 5) is 4.04. The molecule has 0 amide bonds. The van der Waals surface area contributed by atoms with Crippen molar-refractivity contribution in [1.82, 2.24) is 4.98 Å². The van der Waals surface area contributed by atoms with Crippen molar-refractivity contribution in [2.75, 3.05) is 0 Å². The highest BCUT2D eigenvalue weighted by molar-refractivity contribution is 7.13. The Bertz CT molecular complexity index is 412. The molecule has 1 heterocycles. The molecule has 0 atom stereocenters. The minimum Gasteiger partial charge on any atom is -0.234 e. The molecule has 0 unspecified atom stereocenters. The third kappa shape index (κ3) is 1.70. The third-order valence-electron chi connectivity index (χ3n) is 1.57. The lowest BCUT2D eigenvalue weighted by Crippen LogP contribution is -1.78. The summed E-state index contributed by atoms with van der Waals surface area (Å²) in [6, 6.07) is 5.50. The highest BCUT2D eigenvalue weighted by atomic mass is 35.5. The van der Waals surface area contributed by atoms with E-state index in [2.05, 4.69) is 11.2 Å². The molecule has 4 heteroatoms. The Kier molecular flexibility index (Phi) is 2.54. The smallest absolute Gasteiger partial charge is 0.125 e. The number of benzene rings is 1. The van der Waals surface area contributed by atoms with Gasteiger partial charge in [0.25, 0.3) is 0 Å². The van der Waals surface area contributed by atoms with E-state index in [1.807, 2.05) is 12.1 Å². The van der Waals surface area contributed by atoms with E-state index in [1.54, 1.807) is 11.4 Å². The zero-order valence-electron chi connectivity index (χ0n) is 6.42. The van der Waals surface area contributed by atoms with Gasteiger partial charge in [-0.2, -0.15) is 0 Å². The van der Waals surface area contributed by atoms with Crippen LogP contribution in [0.15, 0.2) is 23.6 Å². The number of hydrogen-bond acceptors (Lipinski definition) is 2. The van der Waals surface area contributed by atoms with E-state index in [0.29, 0.717) is 10.0 Å². The van der Waals surface area contributed by atoms with Crippen LogP contribution in [0.5, 0.6) is 0 Å². The second-order valence-electron chi connectivity index (χ2n) is 2.38. The van der Waals surface area contributed by atoms with E-state index in [4.69, 9.17) is 23.2 Å². The van der Waals surface area contributed by atoms with Crippen molar-refractivity contribution in [1.29, 1.82) is 0 Å². The lowest BCUT2D eigenvalue weighted by molar-refractivity contribution is 1.40. The molecule has 1 aromatic heterocycles. The van der Waals surface area contributed by atoms with Crippen molar-refractivity contribution < 1.29 is 0 Å². The first-order valence-corrected chi connectivity index (χ1v) is 5.18. The average Bonchev–Trinajstić information content (AvgIpc) is 2.62. The van der Waals surface area contributed by atoms with Gasteiger partial charge in [0.1, 0.15) is 11.2 Å². The standard InChI is InChI=1S/C9H4Cl2NS/c10-7-3-1-2-6(8(7)11)9-12-4-5-13-9/h1-3,5H. The fraction of sp³-hybridized carbons (Fsp3) is 0. The van der Waals surface area contributed by atoms with Gasteiger partial charge in [0, 0.05) is 10.9 Å². The van der Waals surface area contributed by atoms with E-state index in [-0.39, 0.29) is 0 Å². The van der Waals surface area contributed by atoms with Crippen LogP contribution in [0, 0.1) is 6.20 Å². The van der Waals surface area contributed by atoms with Crippen LogP contribution < -0.4 is 0 Å². The maximum Gasteiger partial charge on any atom is 0.125 e. The molecule has 0 saturated carbocycles. The maximum absolute atomic E-state index is 6.01. The van der Waals surface area contributed by atoms with Gasteiger partial charge in [0.15, 0.2) is 0 Å². The number of aromatic nitrogens is 1. The van der Waals surface area contributed by atoms with E-state index < -0.39 is 0 Å². The van der Waals surface area contributed by atoms with Gasteiger partial charge in [-0.15, -0.1) is 11.3 Å². The van der Waals surface area contributed by atoms with Crippen LogP contribution in [0.3, 0.4) is 0 Å². The predicted octanol–water partition coefficient (Wildman–Crippen LogP) is 3.92. The summed E-state index contributed by atoms with van der Waals surface area (Å²) in [5.74, 6) is 0. The Labute approximate surface area is 90.0 Å². The summed E-state index contributed by atoms with van der Waals surface area (Å²) in [6.07, 6.45) is 2.74. The fourth-order valence-corrected chi connectivity index (χ4v) is 2.05. The molecule has 0 aliphatic heterocycles. The van der Waals surface area contributed by atoms with Crippen molar-refractivity contribution in [2.24, 2.45) is 0 Å². The second-order valence-corrected chi connectivity index (χ2v) is 4.03. The second kappa shape index (κ2) is 3.66. The quantitative estimate of drug-likeness (QED) is 0.722. The molecule has 0 saturated heterocycles. The van der Waals surface area contributed by atoms with E-state index in [0.717, 1.165) is 10.6 Å². The van der Waals surface area contributed by atoms with Gasteiger partial charge in [0.2, 0.25) is 0 Å². The van der Waals surface area contributed by atoms with Gasteiger partial charge in [-0.3, -0.25) is 0 Å². The lowest BCUT2D eigenvalue weighted by Gasteiger charge is -2.00. The Morgan fingerprint density at radius 2 is 2.15 bits per heavy atom. The van der Waals surface area contributed by atoms with Crippen LogP contribution in [0.4, 0.5) is 0 Å². The topological polar surface area (TPSA) is 12.9 Å². The number of hydrogen-bond donors (Lipinski definition) is 0. The predicted molar refractivity (Wildman–Crippen MR) is 56.4 cm³/mol. The molecule has 0 bridgehead atoms. The first-order chi connectivity index (χ1) is 6.29. The van der Waals surface area contributed by atoms with Gasteiger partial charge in [-0.1, -0.05) is 35.3 Å². The molecule has 1 nitrogen and oxygen atoms in total. The summed E-state index contributed by atoms with van der Waals surface area (Å²) in [5, 5.41) is 3.72. The highest BCUT2D eigenvalue weighted by Gasteiger charge is 2.07. The molecular formula is C9H4Cl2NS. The van der Waals surface area contributed by atoms with Crippen LogP contribution in [0.2, 0.25) is 10.0 Å². The number of halogens is 2. The van der Waals surface area contributed by atoms with Gasteiger partial charge < -0.3 is 0 Å². The maximum atomic E-state index is 6.01. The zero-order valence-corrected chi connectivity index (χ0v) is 8.75. The minimum atomic E-state index is 0.549. The number of thiazole rings is 1. The Balaban J connectivity index is 2.59. The first kappa shape index (κ1) is 9.00. The average molecular weight is 229 g/mol. The molecule has 0 spiro atoms. The molecule has 0 aliphatic carbocycles. The molecule has 2 aromatic rings. The number of nitrogens with zero attached hydrogens (tertiary/aromatic N) is 1. The van der Waals surface area contributed by atoms with Gasteiger partial charge in [-0.25, -0.2) is 4.98 Å². The molecule has 0 fully saturated rings. The van der Waals surface area contributed by atoms with Crippen molar-refractivity contribution >= 4 is 34.5 Å². The summed E-state index contributed by atoms with van der Waals surface area (Å²) in [7, 11) is 0. The van der Waals surface area contributed by atoms with E-state index in [9.17, 15) is 0 Å². The van der Waals surface area contributed by atoms with Gasteiger partial charge in [-0.05, 0) is 6.07 Å². The monoisotopic (exact) mass is 228 g/mol. The van der Waals surface area contributed by atoms with Crippen molar-refractivity contribution in [3.63, 3.8) is 0 Å². The van der Waals surface area contributed by atoms with E-state index >= 15 is 0 Å². The van der Waals surface area contributed by atoms with E-state index in [1.165, 1.54) is 11.3 Å². The number of rotatable bonds is 1. The van der Waals surface area contributed by atoms with Crippen molar-refractivity contribution in [3.8, 4) is 10.6 Å². The lowest BCUT2D eigenvalue weighted by atomic mass is 10.2. The summed E-state index contributed by atoms with van der Waals surface area (Å²) in [6.45, 7) is 0. The van der Waals surface area contributed by atoms with Crippen LogP contribution in [0.25, 0.3) is 10.6 Å². The first-order valence-electron chi connectivity index (χ1n) is 3.55. The molecule has 1 aromatic carbocycles. The van der Waals surface area contributed by atoms with Gasteiger partial charge in [0.05, 0.1) is 10.0 Å². The Morgan fingerprint density at radius 1 is 1.31 bits per heavy atom. The third-order valence-corrected chi connectivity index (χ3v) is 3.15. The van der Waals surface area contributed by atoms with Crippen molar-refractivity contribution in [3.05, 3.63) is 39.8 Å². The normalized spacial score (nSPS) is 10.3. The van der Waals surface area contributed by atoms with Crippen LogP contribution >= 0.6 is 34.5 Å². The molecule has 0 N–H and O–H groups in total. The molecule has 2 rings (SSSR count). The Morgan fingerprint density at radius 3 is 2.85 bits per heavy atom. The largest absolute Gasteiger partial charge is 0.234 e. The molecule has 1 radical (unpaired) electrons. The minimum absolute atomic E-state index is 0.549. The molecule has 13 heavy (non-hydrogen) atoms. The molecule has 0 aliphatic rings. The fourth-order valence-electron chi connectivity index (χ4n) is 0.986. The highest BCUT2D eigenvalue weighted by Crippen LogP contribution is 2.33. The van der Waals surface area contributed by atoms with Gasteiger partial charge >= 0.3 is 0 Å². The summed E-state index contributed by atoms with van der Waals surface area (Å²) < 4.78 is 0. The van der Waals surface area contributed by atoms with Crippen molar-refractivity contribution in [2.45, 2.75) is 0 Å². The molecule has 65 valence electrons. The van der Waals surface area contributed by atoms with Crippen LogP contribution in [-0.2, 0) is 0 Å². The zero-order chi connectivity index (χ0) is 9.26. The van der Waals surface area contributed by atoms with Crippen LogP contribution in [-0.4, -0.2) is 4.98 Å². The van der Waals surface area contributed by atoms with Crippen LogP contribution in [0.1, 0.15) is 0 Å².